The molecule has 4 heterocycles. The van der Waals surface area contributed by atoms with Crippen LogP contribution in [0.2, 0.25) is 0 Å². The Balaban J connectivity index is 1.27. The van der Waals surface area contributed by atoms with Gasteiger partial charge in [-0.2, -0.15) is 9.78 Å². The predicted octanol–water partition coefficient (Wildman–Crippen LogP) is 4.63. The van der Waals surface area contributed by atoms with E-state index in [1.807, 2.05) is 12.1 Å². The third-order valence-corrected chi connectivity index (χ3v) is 9.65. The van der Waals surface area contributed by atoms with Crippen molar-refractivity contribution in [2.45, 2.75) is 49.0 Å². The molecule has 194 valence electrons. The maximum atomic E-state index is 14.5. The summed E-state index contributed by atoms with van der Waals surface area (Å²) in [5, 5.41) is 14.0. The molecular formula is C27H25F2N7OS. The zero-order valence-electron chi connectivity index (χ0n) is 20.9. The average Bonchev–Trinajstić information content (AvgIpc) is 3.51. The fourth-order valence-electron chi connectivity index (χ4n) is 6.42. The summed E-state index contributed by atoms with van der Waals surface area (Å²) < 4.78 is 35.9. The van der Waals surface area contributed by atoms with Crippen LogP contribution in [0.4, 0.5) is 8.78 Å². The molecule has 0 radical (unpaired) electrons. The molecule has 2 bridgehead atoms. The topological polar surface area (TPSA) is 91.5 Å². The Morgan fingerprint density at radius 2 is 1.92 bits per heavy atom. The van der Waals surface area contributed by atoms with Crippen molar-refractivity contribution in [3.63, 3.8) is 0 Å². The number of thioether (sulfide) groups is 1. The largest absolute Gasteiger partial charge is 0.379 e. The maximum absolute atomic E-state index is 14.5. The lowest BCUT2D eigenvalue weighted by atomic mass is 9.66. The van der Waals surface area contributed by atoms with Crippen molar-refractivity contribution in [1.82, 2.24) is 34.9 Å². The van der Waals surface area contributed by atoms with E-state index >= 15 is 0 Å². The maximum Gasteiger partial charge on any atom is 0.252 e. The van der Waals surface area contributed by atoms with Crippen molar-refractivity contribution < 1.29 is 13.5 Å². The van der Waals surface area contributed by atoms with Gasteiger partial charge in [-0.3, -0.25) is 0 Å². The fraction of sp³-hybridized carbons (Fsp3) is 0.407. The molecule has 8 nitrogen and oxygen atoms in total. The number of fused-ring (bicyclic) bond motifs is 5. The number of hydrogen-bond donors (Lipinski definition) is 0. The van der Waals surface area contributed by atoms with Gasteiger partial charge in [-0.1, -0.05) is 19.9 Å². The summed E-state index contributed by atoms with van der Waals surface area (Å²) >= 11 is 1.78. The van der Waals surface area contributed by atoms with Gasteiger partial charge in [0.2, 0.25) is 0 Å². The number of halogens is 2. The standard InChI is InChI=1S/C27H25F2N7OS/c1-26(2)17-6-8-27(26,24-16(17)10-20(33-34-24)23-18(28)4-3-5-19(23)29)21-7-9-30-25(32-21)36-14-31-22(35-36)13-38-15-11-37-12-15/h3-5,7,9-10,14-15,17H,6,8,11-13H2,1-2H3/t17-,27-/m0/s1. The van der Waals surface area contributed by atoms with Gasteiger partial charge in [0.15, 0.2) is 5.82 Å². The highest BCUT2D eigenvalue weighted by molar-refractivity contribution is 7.99. The van der Waals surface area contributed by atoms with Crippen molar-refractivity contribution in [3.05, 3.63) is 77.3 Å². The quantitative estimate of drug-likeness (QED) is 0.354. The van der Waals surface area contributed by atoms with Crippen LogP contribution in [0.15, 0.2) is 42.9 Å². The Morgan fingerprint density at radius 1 is 1.11 bits per heavy atom. The Kier molecular flexibility index (Phi) is 5.38. The Hall–Kier alpha value is -3.31. The van der Waals surface area contributed by atoms with Crippen LogP contribution < -0.4 is 0 Å². The first-order chi connectivity index (χ1) is 18.4. The van der Waals surface area contributed by atoms with E-state index in [0.717, 1.165) is 48.8 Å². The summed E-state index contributed by atoms with van der Waals surface area (Å²) in [6.45, 7) is 5.98. The first-order valence-corrected chi connectivity index (χ1v) is 13.7. The molecule has 0 unspecified atom stereocenters. The van der Waals surface area contributed by atoms with Gasteiger partial charge < -0.3 is 4.74 Å². The number of benzene rings is 1. The number of hydrogen-bond acceptors (Lipinski definition) is 8. The van der Waals surface area contributed by atoms with Crippen LogP contribution in [0.1, 0.15) is 55.4 Å². The summed E-state index contributed by atoms with van der Waals surface area (Å²) in [6, 6.07) is 7.57. The molecule has 2 atom stereocenters. The van der Waals surface area contributed by atoms with E-state index in [2.05, 4.69) is 39.1 Å². The molecule has 3 aromatic heterocycles. The van der Waals surface area contributed by atoms with E-state index in [0.29, 0.717) is 17.0 Å². The molecule has 7 rings (SSSR count). The highest BCUT2D eigenvalue weighted by Gasteiger charge is 2.65. The second-order valence-electron chi connectivity index (χ2n) is 10.7. The second kappa shape index (κ2) is 8.60. The van der Waals surface area contributed by atoms with Gasteiger partial charge in [-0.05, 0) is 54.0 Å². The smallest absolute Gasteiger partial charge is 0.252 e. The third-order valence-electron chi connectivity index (χ3n) is 8.48. The summed E-state index contributed by atoms with van der Waals surface area (Å²) in [4.78, 5) is 13.9. The van der Waals surface area contributed by atoms with Crippen LogP contribution in [0.5, 0.6) is 0 Å². The van der Waals surface area contributed by atoms with E-state index in [1.54, 1.807) is 29.0 Å². The Bertz CT molecular complexity index is 1540. The van der Waals surface area contributed by atoms with Gasteiger partial charge in [-0.25, -0.2) is 23.7 Å². The number of aromatic nitrogens is 7. The molecule has 0 amide bonds. The third kappa shape index (κ3) is 3.37. The molecule has 0 spiro atoms. The molecule has 1 saturated heterocycles. The zero-order chi connectivity index (χ0) is 26.1. The minimum Gasteiger partial charge on any atom is -0.379 e. The molecule has 1 aromatic carbocycles. The first kappa shape index (κ1) is 23.8. The van der Waals surface area contributed by atoms with Crippen molar-refractivity contribution >= 4 is 11.8 Å². The monoisotopic (exact) mass is 533 g/mol. The lowest BCUT2D eigenvalue weighted by Crippen LogP contribution is -2.38. The van der Waals surface area contributed by atoms with Gasteiger partial charge in [0.1, 0.15) is 18.0 Å². The van der Waals surface area contributed by atoms with Crippen molar-refractivity contribution in [3.8, 4) is 17.2 Å². The van der Waals surface area contributed by atoms with Crippen LogP contribution in [-0.2, 0) is 15.9 Å². The summed E-state index contributed by atoms with van der Waals surface area (Å²) in [6.07, 6.45) is 5.15. The fourth-order valence-corrected chi connectivity index (χ4v) is 7.32. The molecule has 4 aromatic rings. The summed E-state index contributed by atoms with van der Waals surface area (Å²) in [5.41, 5.74) is 1.96. The van der Waals surface area contributed by atoms with Gasteiger partial charge in [0, 0.05) is 6.20 Å². The lowest BCUT2D eigenvalue weighted by Gasteiger charge is -2.37. The van der Waals surface area contributed by atoms with E-state index in [-0.39, 0.29) is 22.6 Å². The molecule has 1 saturated carbocycles. The Morgan fingerprint density at radius 3 is 2.68 bits per heavy atom. The predicted molar refractivity (Wildman–Crippen MR) is 137 cm³/mol. The normalized spacial score (nSPS) is 23.4. The molecule has 38 heavy (non-hydrogen) atoms. The molecule has 0 N–H and O–H groups in total. The van der Waals surface area contributed by atoms with E-state index in [9.17, 15) is 8.78 Å². The van der Waals surface area contributed by atoms with E-state index in [1.165, 1.54) is 18.2 Å². The number of rotatable bonds is 6. The average molecular weight is 534 g/mol. The van der Waals surface area contributed by atoms with Crippen LogP contribution in [-0.4, -0.2) is 53.4 Å². The highest BCUT2D eigenvalue weighted by Crippen LogP contribution is 2.69. The minimum atomic E-state index is -0.650. The highest BCUT2D eigenvalue weighted by atomic mass is 32.2. The molecule has 2 fully saturated rings. The lowest BCUT2D eigenvalue weighted by molar-refractivity contribution is 0.0455. The van der Waals surface area contributed by atoms with Crippen LogP contribution >= 0.6 is 11.8 Å². The zero-order valence-corrected chi connectivity index (χ0v) is 21.8. The molecule has 3 aliphatic rings. The molecule has 11 heteroatoms. The summed E-state index contributed by atoms with van der Waals surface area (Å²) in [5.74, 6) is 0.726. The molecule has 1 aliphatic heterocycles. The van der Waals surface area contributed by atoms with Crippen molar-refractivity contribution in [2.75, 3.05) is 13.2 Å². The Labute approximate surface area is 222 Å². The second-order valence-corrected chi connectivity index (χ2v) is 12.0. The van der Waals surface area contributed by atoms with Crippen molar-refractivity contribution in [1.29, 1.82) is 0 Å². The van der Waals surface area contributed by atoms with E-state index < -0.39 is 17.0 Å². The van der Waals surface area contributed by atoms with Crippen LogP contribution in [0.25, 0.3) is 17.2 Å². The molecule has 2 aliphatic carbocycles. The van der Waals surface area contributed by atoms with E-state index in [4.69, 9.17) is 9.72 Å². The SMILES string of the molecule is CC1(C)[C@H]2CC[C@]1(c1ccnc(-n3cnc(CSC4COC4)n3)n1)c1nnc(-c3c(F)cccc3F)cc12. The van der Waals surface area contributed by atoms with Gasteiger partial charge in [0.05, 0.1) is 52.3 Å². The summed E-state index contributed by atoms with van der Waals surface area (Å²) in [7, 11) is 0. The van der Waals surface area contributed by atoms with Gasteiger partial charge >= 0.3 is 0 Å². The van der Waals surface area contributed by atoms with Crippen LogP contribution in [0.3, 0.4) is 0 Å². The number of ether oxygens (including phenoxy) is 1. The van der Waals surface area contributed by atoms with Crippen LogP contribution in [0, 0.1) is 17.0 Å². The number of nitrogens with zero attached hydrogens (tertiary/aromatic N) is 7. The molecular weight excluding hydrogens is 508 g/mol. The van der Waals surface area contributed by atoms with Gasteiger partial charge in [-0.15, -0.1) is 22.0 Å². The first-order valence-electron chi connectivity index (χ1n) is 12.6. The van der Waals surface area contributed by atoms with Gasteiger partial charge in [0.25, 0.3) is 5.95 Å². The minimum absolute atomic E-state index is 0.147. The van der Waals surface area contributed by atoms with Crippen molar-refractivity contribution in [2.24, 2.45) is 5.41 Å².